The van der Waals surface area contributed by atoms with Crippen LogP contribution in [0.3, 0.4) is 0 Å². The molecule has 1 aromatic rings. The van der Waals surface area contributed by atoms with Gasteiger partial charge in [0.25, 0.3) is 0 Å². The number of nitrogens with zero attached hydrogens (tertiary/aromatic N) is 3. The van der Waals surface area contributed by atoms with Crippen molar-refractivity contribution in [3.8, 4) is 0 Å². The highest BCUT2D eigenvalue weighted by atomic mass is 32.2. The van der Waals surface area contributed by atoms with Crippen LogP contribution >= 0.6 is 11.8 Å². The Morgan fingerprint density at radius 1 is 1.91 bits per heavy atom. The summed E-state index contributed by atoms with van der Waals surface area (Å²) in [6.07, 6.45) is 1.47. The van der Waals surface area contributed by atoms with E-state index < -0.39 is 0 Å². The molecule has 60 valence electrons. The minimum Gasteiger partial charge on any atom is -0.336 e. The Balaban J connectivity index is 2.51. The first kappa shape index (κ1) is 8.13. The molecule has 0 unspecified atom stereocenters. The van der Waals surface area contributed by atoms with Crippen LogP contribution in [-0.2, 0) is 0 Å². The summed E-state index contributed by atoms with van der Waals surface area (Å²) in [6.45, 7) is 5.73. The van der Waals surface area contributed by atoms with Crippen molar-refractivity contribution in [2.45, 2.75) is 12.1 Å². The summed E-state index contributed by atoms with van der Waals surface area (Å²) >= 11 is 1.53. The molecule has 0 atom stereocenters. The summed E-state index contributed by atoms with van der Waals surface area (Å²) in [5, 5.41) is 8.15. The summed E-state index contributed by atoms with van der Waals surface area (Å²) < 4.78 is 1.40. The molecule has 0 saturated heterocycles. The van der Waals surface area contributed by atoms with E-state index >= 15 is 0 Å². The molecule has 1 rings (SSSR count). The van der Waals surface area contributed by atoms with Crippen LogP contribution in [0.1, 0.15) is 6.92 Å². The number of hydrogen-bond acceptors (Lipinski definition) is 4. The molecule has 2 N–H and O–H groups in total. The van der Waals surface area contributed by atoms with Gasteiger partial charge in [-0.3, -0.25) is 0 Å². The first-order valence-electron chi connectivity index (χ1n) is 3.12. The number of nitrogens with two attached hydrogens (primary N) is 1. The Bertz CT molecular complexity index is 255. The van der Waals surface area contributed by atoms with Crippen LogP contribution in [-0.4, -0.2) is 20.6 Å². The van der Waals surface area contributed by atoms with Gasteiger partial charge in [0.1, 0.15) is 6.33 Å². The largest absolute Gasteiger partial charge is 0.336 e. The molecule has 0 aliphatic heterocycles. The Morgan fingerprint density at radius 3 is 3.09 bits per heavy atom. The van der Waals surface area contributed by atoms with Gasteiger partial charge in [0.15, 0.2) is 0 Å². The molecular formula is C6H10N4S. The molecule has 0 spiro atoms. The second-order valence-electron chi connectivity index (χ2n) is 2.27. The molecule has 0 bridgehead atoms. The number of rotatable bonds is 3. The maximum absolute atomic E-state index is 5.47. The Labute approximate surface area is 69.5 Å². The van der Waals surface area contributed by atoms with Gasteiger partial charge in [0, 0.05) is 5.75 Å². The van der Waals surface area contributed by atoms with Gasteiger partial charge in [-0.05, 0) is 6.92 Å². The molecule has 0 aromatic carbocycles. The van der Waals surface area contributed by atoms with Gasteiger partial charge in [-0.2, -0.15) is 0 Å². The summed E-state index contributed by atoms with van der Waals surface area (Å²) in [7, 11) is 0. The van der Waals surface area contributed by atoms with E-state index in [9.17, 15) is 0 Å². The number of nitrogen functional groups attached to an aromatic ring is 1. The molecule has 0 aliphatic carbocycles. The zero-order chi connectivity index (χ0) is 8.27. The normalized spacial score (nSPS) is 9.91. The van der Waals surface area contributed by atoms with Gasteiger partial charge < -0.3 is 5.84 Å². The van der Waals surface area contributed by atoms with Crippen molar-refractivity contribution in [2.75, 3.05) is 11.6 Å². The minimum atomic E-state index is 0.716. The third kappa shape index (κ3) is 2.27. The van der Waals surface area contributed by atoms with Crippen molar-refractivity contribution < 1.29 is 0 Å². The Hall–Kier alpha value is -0.970. The molecule has 0 saturated carbocycles. The lowest BCUT2D eigenvalue weighted by molar-refractivity contribution is 0.847. The summed E-state index contributed by atoms with van der Waals surface area (Å²) in [6, 6.07) is 0. The topological polar surface area (TPSA) is 56.7 Å². The number of thioether (sulfide) groups is 1. The van der Waals surface area contributed by atoms with Gasteiger partial charge in [0.2, 0.25) is 5.16 Å². The Kier molecular flexibility index (Phi) is 2.53. The number of aromatic nitrogens is 3. The van der Waals surface area contributed by atoms with Gasteiger partial charge in [-0.15, -0.1) is 10.2 Å². The van der Waals surface area contributed by atoms with E-state index in [0.29, 0.717) is 5.16 Å². The molecule has 5 heteroatoms. The first-order valence-corrected chi connectivity index (χ1v) is 4.11. The van der Waals surface area contributed by atoms with Gasteiger partial charge in [0.05, 0.1) is 0 Å². The van der Waals surface area contributed by atoms with Crippen molar-refractivity contribution in [1.29, 1.82) is 0 Å². The Morgan fingerprint density at radius 2 is 2.64 bits per heavy atom. The van der Waals surface area contributed by atoms with Crippen molar-refractivity contribution in [3.63, 3.8) is 0 Å². The third-order valence-electron chi connectivity index (χ3n) is 0.988. The lowest BCUT2D eigenvalue weighted by Gasteiger charge is -1.97. The van der Waals surface area contributed by atoms with Gasteiger partial charge in [-0.1, -0.05) is 23.9 Å². The lowest BCUT2D eigenvalue weighted by Crippen LogP contribution is -2.07. The highest BCUT2D eigenvalue weighted by molar-refractivity contribution is 7.99. The molecule has 0 amide bonds. The number of hydrogen-bond donors (Lipinski definition) is 1. The molecule has 0 radical (unpaired) electrons. The van der Waals surface area contributed by atoms with Crippen LogP contribution in [0.5, 0.6) is 0 Å². The fourth-order valence-electron chi connectivity index (χ4n) is 0.523. The highest BCUT2D eigenvalue weighted by Crippen LogP contribution is 2.14. The smallest absolute Gasteiger partial charge is 0.209 e. The standard InChI is InChI=1S/C6H10N4S/c1-5(2)3-11-6-9-8-4-10(6)7/h4H,1,3,7H2,2H3. The summed E-state index contributed by atoms with van der Waals surface area (Å²) in [4.78, 5) is 0. The summed E-state index contributed by atoms with van der Waals surface area (Å²) in [5.74, 6) is 6.30. The zero-order valence-corrected chi connectivity index (χ0v) is 7.14. The van der Waals surface area contributed by atoms with Crippen LogP contribution < -0.4 is 5.84 Å². The van der Waals surface area contributed by atoms with Gasteiger partial charge >= 0.3 is 0 Å². The second kappa shape index (κ2) is 3.43. The van der Waals surface area contributed by atoms with Crippen molar-refractivity contribution in [3.05, 3.63) is 18.5 Å². The van der Waals surface area contributed by atoms with Crippen LogP contribution in [0.25, 0.3) is 0 Å². The molecule has 0 fully saturated rings. The minimum absolute atomic E-state index is 0.716. The van der Waals surface area contributed by atoms with E-state index in [-0.39, 0.29) is 0 Å². The monoisotopic (exact) mass is 170 g/mol. The second-order valence-corrected chi connectivity index (χ2v) is 3.21. The predicted octanol–water partition coefficient (Wildman–Crippen LogP) is 0.660. The van der Waals surface area contributed by atoms with Gasteiger partial charge in [-0.25, -0.2) is 4.68 Å². The van der Waals surface area contributed by atoms with E-state index in [1.54, 1.807) is 0 Å². The van der Waals surface area contributed by atoms with Crippen molar-refractivity contribution in [1.82, 2.24) is 14.9 Å². The van der Waals surface area contributed by atoms with E-state index in [0.717, 1.165) is 11.3 Å². The average molecular weight is 170 g/mol. The van der Waals surface area contributed by atoms with Crippen LogP contribution in [0.4, 0.5) is 0 Å². The first-order chi connectivity index (χ1) is 5.20. The third-order valence-corrected chi connectivity index (χ3v) is 2.18. The fraction of sp³-hybridized carbons (Fsp3) is 0.333. The predicted molar refractivity (Wildman–Crippen MR) is 45.7 cm³/mol. The lowest BCUT2D eigenvalue weighted by atomic mass is 10.4. The van der Waals surface area contributed by atoms with E-state index in [4.69, 9.17) is 5.84 Å². The quantitative estimate of drug-likeness (QED) is 0.411. The van der Waals surface area contributed by atoms with Crippen molar-refractivity contribution in [2.24, 2.45) is 0 Å². The zero-order valence-electron chi connectivity index (χ0n) is 6.32. The molecule has 0 aliphatic rings. The summed E-state index contributed by atoms with van der Waals surface area (Å²) in [5.41, 5.74) is 1.10. The van der Waals surface area contributed by atoms with E-state index in [2.05, 4.69) is 16.8 Å². The van der Waals surface area contributed by atoms with Crippen LogP contribution in [0.2, 0.25) is 0 Å². The molecule has 1 aromatic heterocycles. The molecule has 4 nitrogen and oxygen atoms in total. The highest BCUT2D eigenvalue weighted by Gasteiger charge is 2.00. The molecular weight excluding hydrogens is 160 g/mol. The maximum Gasteiger partial charge on any atom is 0.209 e. The van der Waals surface area contributed by atoms with E-state index in [1.807, 2.05) is 6.92 Å². The SMILES string of the molecule is C=C(C)CSc1nncn1N. The van der Waals surface area contributed by atoms with Crippen LogP contribution in [0.15, 0.2) is 23.6 Å². The maximum atomic E-state index is 5.47. The fourth-order valence-corrected chi connectivity index (χ4v) is 1.20. The molecule has 11 heavy (non-hydrogen) atoms. The average Bonchev–Trinajstić information content (AvgIpc) is 2.31. The molecule has 1 heterocycles. The van der Waals surface area contributed by atoms with Crippen molar-refractivity contribution >= 4 is 11.8 Å². The van der Waals surface area contributed by atoms with E-state index in [1.165, 1.54) is 22.8 Å². The van der Waals surface area contributed by atoms with Crippen LogP contribution in [0, 0.1) is 0 Å².